The van der Waals surface area contributed by atoms with E-state index in [1.165, 1.54) is 20.0 Å². The van der Waals surface area contributed by atoms with Gasteiger partial charge in [-0.05, 0) is 13.8 Å². The summed E-state index contributed by atoms with van der Waals surface area (Å²) in [6.45, 7) is 2.20. The van der Waals surface area contributed by atoms with Crippen molar-refractivity contribution in [2.24, 2.45) is 0 Å². The number of ether oxygens (including phenoxy) is 1. The number of carbonyl (C=O) groups is 2. The molecule has 1 aromatic rings. The Labute approximate surface area is 136 Å². The molecule has 1 aliphatic rings. The predicted molar refractivity (Wildman–Crippen MR) is 81.5 cm³/mol. The maximum absolute atomic E-state index is 12.3. The average molecular weight is 340 g/mol. The molecule has 0 saturated carbocycles. The van der Waals surface area contributed by atoms with E-state index in [-0.39, 0.29) is 30.6 Å². The highest BCUT2D eigenvalue weighted by Gasteiger charge is 2.52. The molecule has 1 aromatic heterocycles. The minimum absolute atomic E-state index is 0.0261. The van der Waals surface area contributed by atoms with Crippen LogP contribution in [0, 0.1) is 6.92 Å². The zero-order valence-electron chi connectivity index (χ0n) is 13.4. The van der Waals surface area contributed by atoms with Gasteiger partial charge in [-0.15, -0.1) is 0 Å². The Morgan fingerprint density at radius 2 is 2.08 bits per heavy atom. The van der Waals surface area contributed by atoms with Crippen LogP contribution in [-0.2, 0) is 14.3 Å². The van der Waals surface area contributed by atoms with E-state index in [1.54, 1.807) is 0 Å². The standard InChI is InChI=1S/C15H20N2O7/c1-8-6-17(14(22)16-13(8)21)12-5-15(23,11(7-18)24-12)10(20)4-3-9(2)19/h6,11-12,18,23H,3-5,7H2,1-2H3,(H,16,21,22)/t11-,12-,15-/m1/s1. The fourth-order valence-electron chi connectivity index (χ4n) is 2.71. The van der Waals surface area contributed by atoms with Crippen molar-refractivity contribution in [2.45, 2.75) is 51.0 Å². The molecular weight excluding hydrogens is 320 g/mol. The highest BCUT2D eigenvalue weighted by atomic mass is 16.5. The molecule has 3 N–H and O–H groups in total. The zero-order valence-corrected chi connectivity index (χ0v) is 13.4. The van der Waals surface area contributed by atoms with Gasteiger partial charge in [0.1, 0.15) is 18.1 Å². The third kappa shape index (κ3) is 3.37. The summed E-state index contributed by atoms with van der Waals surface area (Å²) in [4.78, 5) is 48.8. The van der Waals surface area contributed by atoms with E-state index in [1.807, 2.05) is 0 Å². The Hall–Kier alpha value is -2.10. The number of ketones is 2. The molecule has 0 unspecified atom stereocenters. The first-order chi connectivity index (χ1) is 11.2. The van der Waals surface area contributed by atoms with Gasteiger partial charge in [-0.25, -0.2) is 4.79 Å². The summed E-state index contributed by atoms with van der Waals surface area (Å²) in [5, 5.41) is 20.1. The molecule has 2 rings (SSSR count). The highest BCUT2D eigenvalue weighted by Crippen LogP contribution is 2.37. The molecule has 0 radical (unpaired) electrons. The number of H-pyrrole nitrogens is 1. The quantitative estimate of drug-likeness (QED) is 0.591. The molecular formula is C15H20N2O7. The van der Waals surface area contributed by atoms with Crippen molar-refractivity contribution in [2.75, 3.05) is 6.61 Å². The number of nitrogens with one attached hydrogen (secondary N) is 1. The third-order valence-corrected chi connectivity index (χ3v) is 4.15. The normalized spacial score (nSPS) is 26.5. The first-order valence-corrected chi connectivity index (χ1v) is 7.52. The van der Waals surface area contributed by atoms with Crippen molar-refractivity contribution in [1.29, 1.82) is 0 Å². The zero-order chi connectivity index (χ0) is 18.1. The Bertz CT molecular complexity index is 766. The largest absolute Gasteiger partial charge is 0.394 e. The summed E-state index contributed by atoms with van der Waals surface area (Å²) in [6, 6.07) is 0. The van der Waals surface area contributed by atoms with Gasteiger partial charge in [-0.1, -0.05) is 0 Å². The van der Waals surface area contributed by atoms with Crippen molar-refractivity contribution >= 4 is 11.6 Å². The molecule has 0 aliphatic carbocycles. The number of nitrogens with zero attached hydrogens (tertiary/aromatic N) is 1. The van der Waals surface area contributed by atoms with Gasteiger partial charge in [0.25, 0.3) is 5.56 Å². The molecule has 1 saturated heterocycles. The van der Waals surface area contributed by atoms with Crippen molar-refractivity contribution in [1.82, 2.24) is 9.55 Å². The van der Waals surface area contributed by atoms with Crippen LogP contribution < -0.4 is 11.2 Å². The first kappa shape index (κ1) is 18.2. The molecule has 2 heterocycles. The Morgan fingerprint density at radius 3 is 2.67 bits per heavy atom. The van der Waals surface area contributed by atoms with Crippen LogP contribution in [0.1, 0.15) is 38.0 Å². The van der Waals surface area contributed by atoms with E-state index < -0.39 is 41.6 Å². The van der Waals surface area contributed by atoms with E-state index >= 15 is 0 Å². The summed E-state index contributed by atoms with van der Waals surface area (Å²) in [6.07, 6.45) is -1.44. The molecule has 0 spiro atoms. The van der Waals surface area contributed by atoms with Gasteiger partial charge >= 0.3 is 5.69 Å². The molecule has 0 bridgehead atoms. The average Bonchev–Trinajstić information content (AvgIpc) is 2.86. The van der Waals surface area contributed by atoms with Crippen molar-refractivity contribution < 1.29 is 24.5 Å². The number of aromatic amines is 1. The first-order valence-electron chi connectivity index (χ1n) is 7.52. The van der Waals surface area contributed by atoms with Gasteiger partial charge in [0.05, 0.1) is 6.61 Å². The van der Waals surface area contributed by atoms with Crippen LogP contribution in [0.25, 0.3) is 0 Å². The van der Waals surface area contributed by atoms with Gasteiger partial charge in [-0.3, -0.25) is 19.1 Å². The van der Waals surface area contributed by atoms with Crippen LogP contribution in [0.5, 0.6) is 0 Å². The van der Waals surface area contributed by atoms with Gasteiger partial charge in [0, 0.05) is 31.0 Å². The second kappa shape index (κ2) is 6.80. The van der Waals surface area contributed by atoms with Crippen molar-refractivity contribution in [3.63, 3.8) is 0 Å². The number of aliphatic hydroxyl groups is 2. The fourth-order valence-corrected chi connectivity index (χ4v) is 2.71. The molecule has 0 aromatic carbocycles. The second-order valence-corrected chi connectivity index (χ2v) is 5.99. The van der Waals surface area contributed by atoms with Crippen molar-refractivity contribution in [3.05, 3.63) is 32.6 Å². The van der Waals surface area contributed by atoms with Gasteiger partial charge in [0.15, 0.2) is 11.4 Å². The molecule has 1 fully saturated rings. The van der Waals surface area contributed by atoms with Gasteiger partial charge in [-0.2, -0.15) is 0 Å². The smallest absolute Gasteiger partial charge is 0.330 e. The number of hydrogen-bond acceptors (Lipinski definition) is 7. The molecule has 9 nitrogen and oxygen atoms in total. The lowest BCUT2D eigenvalue weighted by molar-refractivity contribution is -0.147. The fraction of sp³-hybridized carbons (Fsp3) is 0.600. The van der Waals surface area contributed by atoms with E-state index in [0.29, 0.717) is 0 Å². The summed E-state index contributed by atoms with van der Waals surface area (Å²) in [5.41, 5.74) is -3.02. The summed E-state index contributed by atoms with van der Waals surface area (Å²) in [7, 11) is 0. The predicted octanol–water partition coefficient (Wildman–Crippen LogP) is -1.21. The minimum Gasteiger partial charge on any atom is -0.394 e. The van der Waals surface area contributed by atoms with E-state index in [2.05, 4.69) is 4.98 Å². The lowest BCUT2D eigenvalue weighted by Gasteiger charge is -2.25. The number of carbonyl (C=O) groups excluding carboxylic acids is 2. The van der Waals surface area contributed by atoms with Crippen LogP contribution in [0.4, 0.5) is 0 Å². The number of Topliss-reactive ketones (excluding diaryl/α,β-unsaturated/α-hetero) is 2. The molecule has 0 amide bonds. The highest BCUT2D eigenvalue weighted by molar-refractivity contribution is 5.91. The summed E-state index contributed by atoms with van der Waals surface area (Å²) in [5.74, 6) is -0.830. The van der Waals surface area contributed by atoms with Crippen molar-refractivity contribution in [3.8, 4) is 0 Å². The van der Waals surface area contributed by atoms with E-state index in [0.717, 1.165) is 4.57 Å². The molecule has 1 aliphatic heterocycles. The maximum Gasteiger partial charge on any atom is 0.330 e. The second-order valence-electron chi connectivity index (χ2n) is 5.99. The van der Waals surface area contributed by atoms with Crippen LogP contribution in [0.2, 0.25) is 0 Å². The number of hydrogen-bond donors (Lipinski definition) is 3. The lowest BCUT2D eigenvalue weighted by Crippen LogP contribution is -2.48. The molecule has 9 heteroatoms. The third-order valence-electron chi connectivity index (χ3n) is 4.15. The van der Waals surface area contributed by atoms with Crippen LogP contribution in [0.15, 0.2) is 15.8 Å². The lowest BCUT2D eigenvalue weighted by atomic mass is 9.87. The molecule has 24 heavy (non-hydrogen) atoms. The molecule has 3 atom stereocenters. The summed E-state index contributed by atoms with van der Waals surface area (Å²) < 4.78 is 6.52. The van der Waals surface area contributed by atoms with E-state index in [4.69, 9.17) is 4.74 Å². The Kier molecular flexibility index (Phi) is 5.16. The topological polar surface area (TPSA) is 139 Å². The van der Waals surface area contributed by atoms with Crippen LogP contribution >= 0.6 is 0 Å². The monoisotopic (exact) mass is 340 g/mol. The van der Waals surface area contributed by atoms with Crippen LogP contribution in [0.3, 0.4) is 0 Å². The van der Waals surface area contributed by atoms with E-state index in [9.17, 15) is 29.4 Å². The SMILES string of the molecule is CC(=O)CCC(=O)[C@]1(O)C[C@H](n2cc(C)c(=O)[nH]c2=O)O[C@@H]1CO. The Morgan fingerprint density at radius 1 is 1.42 bits per heavy atom. The molecule has 132 valence electrons. The Balaban J connectivity index is 2.30. The number of aromatic nitrogens is 2. The number of aliphatic hydroxyl groups excluding tert-OH is 1. The maximum atomic E-state index is 12.3. The van der Waals surface area contributed by atoms with Gasteiger partial charge < -0.3 is 19.7 Å². The summed E-state index contributed by atoms with van der Waals surface area (Å²) >= 11 is 0. The number of rotatable bonds is 6. The van der Waals surface area contributed by atoms with Crippen LogP contribution in [-0.4, -0.2) is 49.6 Å². The number of aryl methyl sites for hydroxylation is 1. The minimum atomic E-state index is -2.00. The van der Waals surface area contributed by atoms with Gasteiger partial charge in [0.2, 0.25) is 0 Å².